The van der Waals surface area contributed by atoms with E-state index in [1.807, 2.05) is 12.1 Å². The van der Waals surface area contributed by atoms with E-state index >= 15 is 0 Å². The number of hydrogen-bond acceptors (Lipinski definition) is 4. The Morgan fingerprint density at radius 2 is 1.89 bits per heavy atom. The highest BCUT2D eigenvalue weighted by Gasteiger charge is 2.43. The fourth-order valence-electron chi connectivity index (χ4n) is 4.09. The molecule has 1 spiro atoms. The van der Waals surface area contributed by atoms with Crippen LogP contribution < -0.4 is 4.74 Å². The van der Waals surface area contributed by atoms with Crippen LogP contribution in [0.15, 0.2) is 42.5 Å². The third-order valence-corrected chi connectivity index (χ3v) is 5.93. The molecular formula is C21H23ClFNO3. The Kier molecular flexibility index (Phi) is 5.12. The van der Waals surface area contributed by atoms with Crippen molar-refractivity contribution in [3.63, 3.8) is 0 Å². The second-order valence-electron chi connectivity index (χ2n) is 7.56. The maximum atomic E-state index is 13.4. The third kappa shape index (κ3) is 3.97. The van der Waals surface area contributed by atoms with Crippen LogP contribution in [0.5, 0.6) is 5.75 Å². The summed E-state index contributed by atoms with van der Waals surface area (Å²) in [6.07, 6.45) is 0.702. The molecule has 0 saturated carbocycles. The number of benzene rings is 2. The van der Waals surface area contributed by atoms with Gasteiger partial charge in [0.15, 0.2) is 0 Å². The minimum absolute atomic E-state index is 0.363. The molecule has 0 radical (unpaired) electrons. The summed E-state index contributed by atoms with van der Waals surface area (Å²) in [5.41, 5.74) is 0.951. The van der Waals surface area contributed by atoms with Crippen molar-refractivity contribution in [2.24, 2.45) is 0 Å². The lowest BCUT2D eigenvalue weighted by Gasteiger charge is -2.46. The molecule has 2 atom stereocenters. The molecule has 144 valence electrons. The van der Waals surface area contributed by atoms with Gasteiger partial charge < -0.3 is 19.8 Å². The molecule has 4 rings (SSSR count). The number of piperidine rings is 1. The Hall–Kier alpha value is -1.66. The molecule has 2 aromatic rings. The topological polar surface area (TPSA) is 52.9 Å². The average molecular weight is 392 g/mol. The summed E-state index contributed by atoms with van der Waals surface area (Å²) in [7, 11) is 0. The van der Waals surface area contributed by atoms with Crippen molar-refractivity contribution in [2.75, 3.05) is 19.6 Å². The zero-order valence-electron chi connectivity index (χ0n) is 14.9. The normalized spacial score (nSPS) is 22.9. The summed E-state index contributed by atoms with van der Waals surface area (Å²) in [6, 6.07) is 11.6. The van der Waals surface area contributed by atoms with Gasteiger partial charge in [0.05, 0.1) is 12.2 Å². The van der Waals surface area contributed by atoms with Crippen molar-refractivity contribution in [1.82, 2.24) is 4.90 Å². The Bertz CT molecular complexity index is 806. The highest BCUT2D eigenvalue weighted by Crippen LogP contribution is 2.44. The monoisotopic (exact) mass is 391 g/mol. The Labute approximate surface area is 163 Å². The van der Waals surface area contributed by atoms with E-state index in [1.54, 1.807) is 18.2 Å². The molecule has 6 heteroatoms. The number of aliphatic hydroxyl groups excluding tert-OH is 2. The van der Waals surface area contributed by atoms with Gasteiger partial charge in [0.25, 0.3) is 0 Å². The van der Waals surface area contributed by atoms with Crippen LogP contribution in [0.3, 0.4) is 0 Å². The molecule has 2 N–H and O–H groups in total. The molecular weight excluding hydrogens is 369 g/mol. The summed E-state index contributed by atoms with van der Waals surface area (Å²) in [6.45, 7) is 2.09. The zero-order chi connectivity index (χ0) is 19.0. The number of β-amino-alcohol motifs (C(OH)–C–C–N with tert-alkyl or cyclic N) is 1. The number of aliphatic hydroxyl groups is 2. The molecule has 4 nitrogen and oxygen atoms in total. The highest BCUT2D eigenvalue weighted by molar-refractivity contribution is 6.30. The summed E-state index contributed by atoms with van der Waals surface area (Å²) < 4.78 is 19.6. The van der Waals surface area contributed by atoms with Crippen molar-refractivity contribution in [3.05, 3.63) is 64.4 Å². The van der Waals surface area contributed by atoms with Crippen LogP contribution in [0.4, 0.5) is 4.39 Å². The van der Waals surface area contributed by atoms with Gasteiger partial charge >= 0.3 is 0 Å². The minimum atomic E-state index is -0.712. The molecule has 1 saturated heterocycles. The first kappa shape index (κ1) is 18.7. The Morgan fingerprint density at radius 3 is 2.59 bits per heavy atom. The lowest BCUT2D eigenvalue weighted by molar-refractivity contribution is -0.0589. The van der Waals surface area contributed by atoms with E-state index in [9.17, 15) is 14.6 Å². The SMILES string of the molecule is O[C@@H](CN1CCC2(CC1)C[C@H](O)c1cc(F)ccc1O2)c1ccc(Cl)cc1. The number of ether oxygens (including phenoxy) is 1. The number of rotatable bonds is 3. The summed E-state index contributed by atoms with van der Waals surface area (Å²) in [5, 5.41) is 21.6. The van der Waals surface area contributed by atoms with Gasteiger partial charge in [-0.2, -0.15) is 0 Å². The number of fused-ring (bicyclic) bond motifs is 1. The first-order valence-electron chi connectivity index (χ1n) is 9.27. The van der Waals surface area contributed by atoms with Crippen molar-refractivity contribution in [1.29, 1.82) is 0 Å². The number of nitrogens with zero attached hydrogens (tertiary/aromatic N) is 1. The van der Waals surface area contributed by atoms with E-state index in [1.165, 1.54) is 12.1 Å². The Balaban J connectivity index is 1.39. The van der Waals surface area contributed by atoms with Crippen LogP contribution in [0.2, 0.25) is 5.02 Å². The molecule has 2 aromatic carbocycles. The molecule has 2 heterocycles. The summed E-state index contributed by atoms with van der Waals surface area (Å²) in [5.74, 6) is 0.211. The van der Waals surface area contributed by atoms with E-state index in [0.29, 0.717) is 29.3 Å². The first-order chi connectivity index (χ1) is 12.9. The lowest BCUT2D eigenvalue weighted by atomic mass is 9.81. The van der Waals surface area contributed by atoms with Crippen molar-refractivity contribution in [2.45, 2.75) is 37.1 Å². The third-order valence-electron chi connectivity index (χ3n) is 5.68. The summed E-state index contributed by atoms with van der Waals surface area (Å²) >= 11 is 5.90. The van der Waals surface area contributed by atoms with Crippen LogP contribution in [0.25, 0.3) is 0 Å². The largest absolute Gasteiger partial charge is 0.487 e. The maximum absolute atomic E-state index is 13.4. The molecule has 0 bridgehead atoms. The van der Waals surface area contributed by atoms with Gasteiger partial charge in [-0.15, -0.1) is 0 Å². The van der Waals surface area contributed by atoms with Gasteiger partial charge in [0, 0.05) is 36.6 Å². The lowest BCUT2D eigenvalue weighted by Crippen LogP contribution is -2.51. The van der Waals surface area contributed by atoms with Gasteiger partial charge in [-0.3, -0.25) is 0 Å². The van der Waals surface area contributed by atoms with E-state index in [0.717, 1.165) is 31.5 Å². The van der Waals surface area contributed by atoms with Gasteiger partial charge in [0.2, 0.25) is 0 Å². The summed E-state index contributed by atoms with van der Waals surface area (Å²) in [4.78, 5) is 2.21. The van der Waals surface area contributed by atoms with E-state index in [2.05, 4.69) is 4.90 Å². The van der Waals surface area contributed by atoms with Crippen LogP contribution >= 0.6 is 11.6 Å². The Morgan fingerprint density at radius 1 is 1.19 bits per heavy atom. The minimum Gasteiger partial charge on any atom is -0.487 e. The number of likely N-dealkylation sites (tertiary alicyclic amines) is 1. The fourth-order valence-corrected chi connectivity index (χ4v) is 4.22. The molecule has 2 aliphatic heterocycles. The zero-order valence-corrected chi connectivity index (χ0v) is 15.7. The average Bonchev–Trinajstić information content (AvgIpc) is 2.65. The quantitative estimate of drug-likeness (QED) is 0.834. The predicted octanol–water partition coefficient (Wildman–Crippen LogP) is 3.86. The second-order valence-corrected chi connectivity index (χ2v) is 7.99. The predicted molar refractivity (Wildman–Crippen MR) is 101 cm³/mol. The second kappa shape index (κ2) is 7.40. The van der Waals surface area contributed by atoms with Gasteiger partial charge in [-0.05, 0) is 48.7 Å². The first-order valence-corrected chi connectivity index (χ1v) is 9.64. The molecule has 0 aliphatic carbocycles. The van der Waals surface area contributed by atoms with Crippen LogP contribution in [-0.2, 0) is 0 Å². The smallest absolute Gasteiger partial charge is 0.126 e. The molecule has 1 fully saturated rings. The molecule has 0 aromatic heterocycles. The van der Waals surface area contributed by atoms with E-state index in [4.69, 9.17) is 16.3 Å². The molecule has 2 aliphatic rings. The van der Waals surface area contributed by atoms with Crippen molar-refractivity contribution in [3.8, 4) is 5.75 Å². The molecule has 27 heavy (non-hydrogen) atoms. The fraction of sp³-hybridized carbons (Fsp3) is 0.429. The maximum Gasteiger partial charge on any atom is 0.126 e. The number of halogens is 2. The van der Waals surface area contributed by atoms with Crippen LogP contribution in [0, 0.1) is 5.82 Å². The highest BCUT2D eigenvalue weighted by atomic mass is 35.5. The molecule has 0 amide bonds. The van der Waals surface area contributed by atoms with Crippen molar-refractivity contribution < 1.29 is 19.3 Å². The number of hydrogen-bond donors (Lipinski definition) is 2. The van der Waals surface area contributed by atoms with E-state index in [-0.39, 0.29) is 5.82 Å². The van der Waals surface area contributed by atoms with Gasteiger partial charge in [-0.1, -0.05) is 23.7 Å². The van der Waals surface area contributed by atoms with Gasteiger partial charge in [0.1, 0.15) is 17.2 Å². The van der Waals surface area contributed by atoms with E-state index < -0.39 is 17.8 Å². The standard InChI is InChI=1S/C21H23ClFNO3/c22-15-3-1-14(2-4-15)19(26)13-24-9-7-21(8-10-24)12-18(25)17-11-16(23)5-6-20(17)27-21/h1-6,11,18-19,25-26H,7-10,12-13H2/t18-,19-/m0/s1. The van der Waals surface area contributed by atoms with Gasteiger partial charge in [-0.25, -0.2) is 4.39 Å². The van der Waals surface area contributed by atoms with Crippen LogP contribution in [-0.4, -0.2) is 40.3 Å². The van der Waals surface area contributed by atoms with Crippen LogP contribution in [0.1, 0.15) is 42.6 Å². The molecule has 0 unspecified atom stereocenters. The van der Waals surface area contributed by atoms with Crippen molar-refractivity contribution >= 4 is 11.6 Å².